The maximum Gasteiger partial charge on any atom is 0.257 e. The van der Waals surface area contributed by atoms with Crippen molar-refractivity contribution in [2.75, 3.05) is 5.32 Å². The molecule has 0 saturated heterocycles. The van der Waals surface area contributed by atoms with Crippen LogP contribution in [-0.2, 0) is 0 Å². The number of thiophene rings is 1. The fourth-order valence-corrected chi connectivity index (χ4v) is 3.69. The lowest BCUT2D eigenvalue weighted by Crippen LogP contribution is -2.13. The largest absolute Gasteiger partial charge is 0.298 e. The highest BCUT2D eigenvalue weighted by Crippen LogP contribution is 2.24. The van der Waals surface area contributed by atoms with Crippen LogP contribution in [0.3, 0.4) is 0 Å². The Balaban J connectivity index is 1.96. The van der Waals surface area contributed by atoms with Gasteiger partial charge in [-0.25, -0.2) is 4.98 Å². The maximum absolute atomic E-state index is 12.0. The molecule has 6 heteroatoms. The lowest BCUT2D eigenvalue weighted by Gasteiger charge is -2.03. The monoisotopic (exact) mass is 302 g/mol. The quantitative estimate of drug-likeness (QED) is 0.790. The molecule has 1 aromatic carbocycles. The molecule has 100 valence electrons. The van der Waals surface area contributed by atoms with Gasteiger partial charge in [0.05, 0.1) is 5.39 Å². The first-order valence-corrected chi connectivity index (χ1v) is 7.60. The number of nitrogens with one attached hydrogen (secondary N) is 1. The number of aryl methyl sites for hydroxylation is 1. The van der Waals surface area contributed by atoms with Crippen LogP contribution in [0.5, 0.6) is 0 Å². The minimum atomic E-state index is -0.263. The van der Waals surface area contributed by atoms with E-state index >= 15 is 0 Å². The van der Waals surface area contributed by atoms with Crippen LogP contribution in [0.4, 0.5) is 5.13 Å². The molecule has 2 aromatic heterocycles. The lowest BCUT2D eigenvalue weighted by atomic mass is 10.2. The van der Waals surface area contributed by atoms with Crippen LogP contribution >= 0.6 is 22.7 Å². The molecule has 0 aliphatic rings. The minimum Gasteiger partial charge on any atom is -0.298 e. The number of hydrogen-bond acceptors (Lipinski definition) is 5. The third kappa shape index (κ3) is 2.35. The molecule has 2 heterocycles. The number of benzene rings is 1. The van der Waals surface area contributed by atoms with E-state index in [1.807, 2.05) is 18.4 Å². The molecule has 0 spiro atoms. The second-order valence-corrected chi connectivity index (χ2v) is 6.05. The predicted octanol–water partition coefficient (Wildman–Crippen LogP) is 3.28. The standard InChI is InChI=1S/C14H10N2O2S2/c1-8-7-19-12-10(8)13(18)20-14(16-12)15-11(17)9-5-3-2-4-6-9/h2-7H,1H3,(H,15,16,17). The number of aromatic nitrogens is 1. The van der Waals surface area contributed by atoms with Crippen molar-refractivity contribution in [3.05, 3.63) is 56.4 Å². The highest BCUT2D eigenvalue weighted by molar-refractivity contribution is 7.19. The second-order valence-electron chi connectivity index (χ2n) is 4.23. The number of fused-ring (bicyclic) bond motifs is 1. The number of rotatable bonds is 2. The van der Waals surface area contributed by atoms with Crippen molar-refractivity contribution in [1.29, 1.82) is 0 Å². The van der Waals surface area contributed by atoms with Crippen molar-refractivity contribution >= 4 is 43.9 Å². The summed E-state index contributed by atoms with van der Waals surface area (Å²) in [6.07, 6.45) is 0. The van der Waals surface area contributed by atoms with Crippen LogP contribution in [0.25, 0.3) is 10.2 Å². The fraction of sp³-hybridized carbons (Fsp3) is 0.0714. The molecule has 1 amide bonds. The number of anilines is 1. The summed E-state index contributed by atoms with van der Waals surface area (Å²) in [7, 11) is 0. The molecule has 4 nitrogen and oxygen atoms in total. The molecule has 0 unspecified atom stereocenters. The van der Waals surface area contributed by atoms with Crippen molar-refractivity contribution in [1.82, 2.24) is 4.98 Å². The molecule has 0 aliphatic heterocycles. The molecule has 3 rings (SSSR count). The summed E-state index contributed by atoms with van der Waals surface area (Å²) in [5.41, 5.74) is 1.47. The number of nitrogens with zero attached hydrogens (tertiary/aromatic N) is 1. The molecule has 0 fully saturated rings. The van der Waals surface area contributed by atoms with E-state index in [-0.39, 0.29) is 10.6 Å². The predicted molar refractivity (Wildman–Crippen MR) is 82.9 cm³/mol. The molecular formula is C14H10N2O2S2. The summed E-state index contributed by atoms with van der Waals surface area (Å²) >= 11 is 2.37. The highest BCUT2D eigenvalue weighted by Gasteiger charge is 2.12. The van der Waals surface area contributed by atoms with Gasteiger partial charge in [-0.3, -0.25) is 14.9 Å². The number of hydrogen-bond donors (Lipinski definition) is 1. The summed E-state index contributed by atoms with van der Waals surface area (Å²) in [6, 6.07) is 8.85. The number of carbonyl (C=O) groups excluding carboxylic acids is 1. The van der Waals surface area contributed by atoms with E-state index in [1.165, 1.54) is 11.3 Å². The molecule has 0 atom stereocenters. The van der Waals surface area contributed by atoms with Gasteiger partial charge in [-0.2, -0.15) is 0 Å². The number of amides is 1. The Labute approximate surface area is 122 Å². The summed E-state index contributed by atoms with van der Waals surface area (Å²) in [5, 5.41) is 5.56. The molecular weight excluding hydrogens is 292 g/mol. The van der Waals surface area contributed by atoms with Crippen LogP contribution in [-0.4, -0.2) is 10.9 Å². The smallest absolute Gasteiger partial charge is 0.257 e. The van der Waals surface area contributed by atoms with Gasteiger partial charge >= 0.3 is 0 Å². The van der Waals surface area contributed by atoms with Crippen LogP contribution in [0.1, 0.15) is 15.9 Å². The van der Waals surface area contributed by atoms with E-state index in [2.05, 4.69) is 10.3 Å². The van der Waals surface area contributed by atoms with Crippen LogP contribution in [0.15, 0.2) is 40.5 Å². The minimum absolute atomic E-state index is 0.0721. The SMILES string of the molecule is Cc1csc2nc(NC(=O)c3ccccc3)sc(=O)c12. The van der Waals surface area contributed by atoms with Crippen molar-refractivity contribution in [3.8, 4) is 0 Å². The normalized spacial score (nSPS) is 10.7. The lowest BCUT2D eigenvalue weighted by molar-refractivity contribution is 0.102. The third-order valence-electron chi connectivity index (χ3n) is 2.81. The van der Waals surface area contributed by atoms with Gasteiger partial charge < -0.3 is 0 Å². The van der Waals surface area contributed by atoms with E-state index in [4.69, 9.17) is 0 Å². The van der Waals surface area contributed by atoms with Crippen molar-refractivity contribution in [3.63, 3.8) is 0 Å². The Morgan fingerprint density at radius 2 is 2.00 bits per heavy atom. The summed E-state index contributed by atoms with van der Waals surface area (Å²) in [6.45, 7) is 1.89. The Hall–Kier alpha value is -2.05. The van der Waals surface area contributed by atoms with Crippen LogP contribution in [0, 0.1) is 6.92 Å². The zero-order valence-corrected chi connectivity index (χ0v) is 12.2. The van der Waals surface area contributed by atoms with E-state index in [0.29, 0.717) is 20.9 Å². The maximum atomic E-state index is 12.0. The van der Waals surface area contributed by atoms with E-state index in [9.17, 15) is 9.59 Å². The van der Waals surface area contributed by atoms with Gasteiger partial charge in [0.1, 0.15) is 4.83 Å². The Kier molecular flexibility index (Phi) is 3.33. The van der Waals surface area contributed by atoms with Crippen LogP contribution in [0.2, 0.25) is 0 Å². The topological polar surface area (TPSA) is 59.1 Å². The molecule has 1 N–H and O–H groups in total. The Bertz CT molecular complexity index is 837. The van der Waals surface area contributed by atoms with E-state index in [1.54, 1.807) is 24.3 Å². The average molecular weight is 302 g/mol. The Morgan fingerprint density at radius 1 is 1.25 bits per heavy atom. The van der Waals surface area contributed by atoms with Crippen LogP contribution < -0.4 is 10.1 Å². The first kappa shape index (κ1) is 13.0. The Morgan fingerprint density at radius 3 is 2.75 bits per heavy atom. The zero-order valence-electron chi connectivity index (χ0n) is 10.5. The second kappa shape index (κ2) is 5.15. The van der Waals surface area contributed by atoms with Gasteiger partial charge in [-0.15, -0.1) is 11.3 Å². The van der Waals surface area contributed by atoms with Gasteiger partial charge in [0.2, 0.25) is 4.74 Å². The molecule has 3 aromatic rings. The van der Waals surface area contributed by atoms with E-state index in [0.717, 1.165) is 16.9 Å². The molecule has 0 aliphatic carbocycles. The molecule has 0 radical (unpaired) electrons. The van der Waals surface area contributed by atoms with Crippen molar-refractivity contribution < 1.29 is 4.79 Å². The van der Waals surface area contributed by atoms with Crippen molar-refractivity contribution in [2.45, 2.75) is 6.92 Å². The summed E-state index contributed by atoms with van der Waals surface area (Å²) in [4.78, 5) is 29.0. The third-order valence-corrected chi connectivity index (χ3v) is 4.57. The van der Waals surface area contributed by atoms with Gasteiger partial charge in [0.25, 0.3) is 5.91 Å². The number of carbonyl (C=O) groups is 1. The van der Waals surface area contributed by atoms with Gasteiger partial charge in [0, 0.05) is 5.56 Å². The van der Waals surface area contributed by atoms with E-state index < -0.39 is 0 Å². The first-order chi connectivity index (χ1) is 9.65. The molecule has 20 heavy (non-hydrogen) atoms. The molecule has 0 bridgehead atoms. The first-order valence-electron chi connectivity index (χ1n) is 5.90. The summed E-state index contributed by atoms with van der Waals surface area (Å²) in [5.74, 6) is -0.263. The van der Waals surface area contributed by atoms with Gasteiger partial charge in [-0.05, 0) is 30.0 Å². The zero-order chi connectivity index (χ0) is 14.1. The average Bonchev–Trinajstić information content (AvgIpc) is 2.81. The summed E-state index contributed by atoms with van der Waals surface area (Å²) < 4.78 is -0.0721. The van der Waals surface area contributed by atoms with Gasteiger partial charge in [0.15, 0.2) is 5.13 Å². The van der Waals surface area contributed by atoms with Crippen molar-refractivity contribution in [2.24, 2.45) is 0 Å². The fourth-order valence-electron chi connectivity index (χ4n) is 1.83. The van der Waals surface area contributed by atoms with Gasteiger partial charge in [-0.1, -0.05) is 29.5 Å². The molecule has 0 saturated carbocycles. The highest BCUT2D eigenvalue weighted by atomic mass is 32.1.